The van der Waals surface area contributed by atoms with Crippen molar-refractivity contribution in [2.75, 3.05) is 6.61 Å². The van der Waals surface area contributed by atoms with E-state index >= 15 is 0 Å². The van der Waals surface area contributed by atoms with Crippen LogP contribution in [0.3, 0.4) is 0 Å². The molecule has 0 N–H and O–H groups in total. The summed E-state index contributed by atoms with van der Waals surface area (Å²) in [5, 5.41) is 0. The van der Waals surface area contributed by atoms with Crippen LogP contribution in [-0.4, -0.2) is 12.4 Å². The lowest BCUT2D eigenvalue weighted by Gasteiger charge is -2.05. The summed E-state index contributed by atoms with van der Waals surface area (Å²) in [6.45, 7) is 0.695. The lowest BCUT2D eigenvalue weighted by Crippen LogP contribution is -2.01. The standard InChI is InChI=1S/C16H14O2S/c17-15(14-9-11-4-2-6-13(11)19-14)12-5-1-3-10-7-8-18-16(10)12/h1,3,5,9H,2,4,6-8H2. The number of para-hydroxylation sites is 1. The molecule has 0 amide bonds. The fraction of sp³-hybridized carbons (Fsp3) is 0.312. The second-order valence-electron chi connectivity index (χ2n) is 5.13. The Bertz CT molecular complexity index is 648. The molecule has 0 saturated heterocycles. The number of benzene rings is 1. The molecule has 2 heterocycles. The first-order valence-electron chi connectivity index (χ1n) is 6.74. The Labute approximate surface area is 116 Å². The summed E-state index contributed by atoms with van der Waals surface area (Å²) in [5.74, 6) is 0.930. The molecule has 1 aliphatic heterocycles. The van der Waals surface area contributed by atoms with Gasteiger partial charge in [-0.3, -0.25) is 4.79 Å². The molecule has 1 aromatic heterocycles. The fourth-order valence-corrected chi connectivity index (χ4v) is 4.18. The highest BCUT2D eigenvalue weighted by atomic mass is 32.1. The molecule has 0 unspecified atom stereocenters. The van der Waals surface area contributed by atoms with E-state index in [-0.39, 0.29) is 5.78 Å². The quantitative estimate of drug-likeness (QED) is 0.782. The highest BCUT2D eigenvalue weighted by Crippen LogP contribution is 2.35. The predicted octanol–water partition coefficient (Wildman–Crippen LogP) is 3.40. The Morgan fingerprint density at radius 3 is 3.00 bits per heavy atom. The number of carbonyl (C=O) groups excluding carboxylic acids is 1. The van der Waals surface area contributed by atoms with E-state index in [1.165, 1.54) is 16.9 Å². The van der Waals surface area contributed by atoms with E-state index in [2.05, 4.69) is 6.07 Å². The SMILES string of the molecule is O=C(c1cc2c(s1)CCC2)c1cccc2c1OCC2. The average molecular weight is 270 g/mol. The van der Waals surface area contributed by atoms with E-state index < -0.39 is 0 Å². The molecule has 0 bridgehead atoms. The molecule has 4 rings (SSSR count). The maximum atomic E-state index is 12.6. The minimum atomic E-state index is 0.123. The Morgan fingerprint density at radius 2 is 2.11 bits per heavy atom. The van der Waals surface area contributed by atoms with E-state index in [4.69, 9.17) is 4.74 Å². The van der Waals surface area contributed by atoms with Crippen LogP contribution < -0.4 is 4.74 Å². The molecule has 2 aliphatic rings. The number of hydrogen-bond acceptors (Lipinski definition) is 3. The molecule has 1 aromatic carbocycles. The van der Waals surface area contributed by atoms with Crippen LogP contribution in [0.4, 0.5) is 0 Å². The molecule has 1 aliphatic carbocycles. The van der Waals surface area contributed by atoms with E-state index in [1.807, 2.05) is 18.2 Å². The molecule has 2 aromatic rings. The third-order valence-electron chi connectivity index (χ3n) is 3.93. The van der Waals surface area contributed by atoms with Crippen molar-refractivity contribution >= 4 is 17.1 Å². The largest absolute Gasteiger partial charge is 0.492 e. The molecular formula is C16H14O2S. The number of aryl methyl sites for hydroxylation is 2. The molecule has 0 radical (unpaired) electrons. The summed E-state index contributed by atoms with van der Waals surface area (Å²) in [6.07, 6.45) is 4.41. The van der Waals surface area contributed by atoms with Crippen LogP contribution in [0.1, 0.15) is 37.7 Å². The monoisotopic (exact) mass is 270 g/mol. The molecule has 0 atom stereocenters. The summed E-state index contributed by atoms with van der Waals surface area (Å²) >= 11 is 1.67. The van der Waals surface area contributed by atoms with Gasteiger partial charge in [0, 0.05) is 11.3 Å². The zero-order valence-corrected chi connectivity index (χ0v) is 11.4. The number of rotatable bonds is 2. The van der Waals surface area contributed by atoms with Crippen molar-refractivity contribution in [1.82, 2.24) is 0 Å². The van der Waals surface area contributed by atoms with Gasteiger partial charge in [0.05, 0.1) is 17.0 Å². The normalized spacial score (nSPS) is 16.0. The van der Waals surface area contributed by atoms with Crippen molar-refractivity contribution in [3.05, 3.63) is 50.7 Å². The van der Waals surface area contributed by atoms with E-state index in [0.717, 1.165) is 41.0 Å². The minimum Gasteiger partial charge on any atom is -0.492 e. The Kier molecular flexibility index (Phi) is 2.49. The summed E-state index contributed by atoms with van der Waals surface area (Å²) < 4.78 is 5.63. The summed E-state index contributed by atoms with van der Waals surface area (Å²) in [6, 6.07) is 7.98. The molecule has 0 spiro atoms. The Morgan fingerprint density at radius 1 is 1.16 bits per heavy atom. The molecule has 19 heavy (non-hydrogen) atoms. The van der Waals surface area contributed by atoms with Crippen LogP contribution in [0.15, 0.2) is 24.3 Å². The lowest BCUT2D eigenvalue weighted by atomic mass is 10.0. The predicted molar refractivity (Wildman–Crippen MR) is 75.4 cm³/mol. The molecule has 96 valence electrons. The van der Waals surface area contributed by atoms with Gasteiger partial charge in [-0.1, -0.05) is 12.1 Å². The first kappa shape index (κ1) is 11.2. The van der Waals surface area contributed by atoms with Crippen LogP contribution in [-0.2, 0) is 19.3 Å². The summed E-state index contributed by atoms with van der Waals surface area (Å²) in [4.78, 5) is 14.9. The first-order chi connectivity index (χ1) is 9.33. The Balaban J connectivity index is 1.76. The van der Waals surface area contributed by atoms with E-state index in [0.29, 0.717) is 6.61 Å². The number of ketones is 1. The minimum absolute atomic E-state index is 0.123. The molecule has 0 saturated carbocycles. The number of carbonyl (C=O) groups is 1. The topological polar surface area (TPSA) is 26.3 Å². The van der Waals surface area contributed by atoms with Gasteiger partial charge in [0.15, 0.2) is 0 Å². The van der Waals surface area contributed by atoms with Gasteiger partial charge in [0.25, 0.3) is 0 Å². The molecule has 2 nitrogen and oxygen atoms in total. The zero-order valence-electron chi connectivity index (χ0n) is 10.6. The second kappa shape index (κ2) is 4.20. The van der Waals surface area contributed by atoms with Crippen molar-refractivity contribution in [3.8, 4) is 5.75 Å². The van der Waals surface area contributed by atoms with Crippen molar-refractivity contribution in [2.45, 2.75) is 25.7 Å². The fourth-order valence-electron chi connectivity index (χ4n) is 2.97. The van der Waals surface area contributed by atoms with Crippen molar-refractivity contribution in [1.29, 1.82) is 0 Å². The van der Waals surface area contributed by atoms with Gasteiger partial charge in [0.2, 0.25) is 5.78 Å². The highest BCUT2D eigenvalue weighted by Gasteiger charge is 2.24. The van der Waals surface area contributed by atoms with Crippen molar-refractivity contribution in [3.63, 3.8) is 0 Å². The summed E-state index contributed by atoms with van der Waals surface area (Å²) in [5.41, 5.74) is 3.27. The van der Waals surface area contributed by atoms with E-state index in [1.54, 1.807) is 11.3 Å². The number of hydrogen-bond donors (Lipinski definition) is 0. The van der Waals surface area contributed by atoms with Gasteiger partial charge in [-0.05, 0) is 42.5 Å². The molecular weight excluding hydrogens is 256 g/mol. The van der Waals surface area contributed by atoms with Gasteiger partial charge in [-0.25, -0.2) is 0 Å². The third-order valence-corrected chi connectivity index (χ3v) is 5.17. The molecule has 0 fully saturated rings. The number of ether oxygens (including phenoxy) is 1. The smallest absolute Gasteiger partial charge is 0.206 e. The van der Waals surface area contributed by atoms with Crippen molar-refractivity contribution in [2.24, 2.45) is 0 Å². The van der Waals surface area contributed by atoms with Crippen LogP contribution >= 0.6 is 11.3 Å². The zero-order chi connectivity index (χ0) is 12.8. The highest BCUT2D eigenvalue weighted by molar-refractivity contribution is 7.14. The number of thiophene rings is 1. The van der Waals surface area contributed by atoms with Gasteiger partial charge in [-0.15, -0.1) is 11.3 Å². The molecule has 3 heteroatoms. The van der Waals surface area contributed by atoms with Crippen LogP contribution in [0, 0.1) is 0 Å². The maximum Gasteiger partial charge on any atom is 0.206 e. The summed E-state index contributed by atoms with van der Waals surface area (Å²) in [7, 11) is 0. The first-order valence-corrected chi connectivity index (χ1v) is 7.55. The van der Waals surface area contributed by atoms with Crippen molar-refractivity contribution < 1.29 is 9.53 Å². The Hall–Kier alpha value is -1.61. The average Bonchev–Trinajstić information content (AvgIpc) is 3.11. The van der Waals surface area contributed by atoms with Gasteiger partial charge < -0.3 is 4.74 Å². The number of fused-ring (bicyclic) bond motifs is 2. The van der Waals surface area contributed by atoms with Gasteiger partial charge in [0.1, 0.15) is 5.75 Å². The lowest BCUT2D eigenvalue weighted by molar-refractivity contribution is 0.103. The van der Waals surface area contributed by atoms with Gasteiger partial charge in [-0.2, -0.15) is 0 Å². The second-order valence-corrected chi connectivity index (χ2v) is 6.27. The van der Waals surface area contributed by atoms with E-state index in [9.17, 15) is 4.79 Å². The maximum absolute atomic E-state index is 12.6. The van der Waals surface area contributed by atoms with Crippen LogP contribution in [0.2, 0.25) is 0 Å². The van der Waals surface area contributed by atoms with Crippen LogP contribution in [0.5, 0.6) is 5.75 Å². The van der Waals surface area contributed by atoms with Crippen LogP contribution in [0.25, 0.3) is 0 Å². The van der Waals surface area contributed by atoms with Gasteiger partial charge >= 0.3 is 0 Å². The third kappa shape index (κ3) is 1.72.